The first-order valence-corrected chi connectivity index (χ1v) is 10.8. The second kappa shape index (κ2) is 10.4. The zero-order chi connectivity index (χ0) is 21.5. The Bertz CT molecular complexity index is 955. The van der Waals surface area contributed by atoms with Gasteiger partial charge in [-0.15, -0.1) is 0 Å². The number of hydrogen-bond donors (Lipinski definition) is 3. The molecule has 0 radical (unpaired) electrons. The normalized spacial score (nSPS) is 15.6. The molecular formula is C20H31N5O5. The van der Waals surface area contributed by atoms with E-state index in [1.165, 1.54) is 4.57 Å². The Morgan fingerprint density at radius 2 is 1.87 bits per heavy atom. The number of fused-ring (bicyclic) bond motifs is 1. The predicted octanol–water partition coefficient (Wildman–Crippen LogP) is 1.56. The molecule has 166 valence electrons. The van der Waals surface area contributed by atoms with Crippen LogP contribution in [0.3, 0.4) is 0 Å². The number of nitrogens with one attached hydrogen (secondary N) is 2. The summed E-state index contributed by atoms with van der Waals surface area (Å²) < 4.78 is 6.99. The van der Waals surface area contributed by atoms with E-state index in [1.54, 1.807) is 0 Å². The van der Waals surface area contributed by atoms with Gasteiger partial charge in [0.25, 0.3) is 11.6 Å². The average molecular weight is 421 g/mol. The van der Waals surface area contributed by atoms with Gasteiger partial charge in [-0.25, -0.2) is 4.79 Å². The first-order valence-electron chi connectivity index (χ1n) is 10.8. The molecule has 0 bridgehead atoms. The fourth-order valence-corrected chi connectivity index (χ4v) is 3.79. The van der Waals surface area contributed by atoms with Crippen LogP contribution in [0.2, 0.25) is 0 Å². The van der Waals surface area contributed by atoms with Crippen molar-refractivity contribution in [2.75, 3.05) is 26.2 Å². The van der Waals surface area contributed by atoms with Crippen molar-refractivity contribution >= 4 is 17.1 Å². The summed E-state index contributed by atoms with van der Waals surface area (Å²) in [6.07, 6.45) is 5.95. The van der Waals surface area contributed by atoms with Crippen LogP contribution < -0.4 is 16.0 Å². The van der Waals surface area contributed by atoms with Crippen LogP contribution >= 0.6 is 0 Å². The Kier molecular flexibility index (Phi) is 7.67. The van der Waals surface area contributed by atoms with E-state index in [0.717, 1.165) is 51.7 Å². The van der Waals surface area contributed by atoms with E-state index in [0.29, 0.717) is 31.6 Å². The molecule has 1 aliphatic heterocycles. The number of hydrogen-bond acceptors (Lipinski definition) is 6. The second-order valence-electron chi connectivity index (χ2n) is 7.87. The molecule has 0 unspecified atom stereocenters. The number of nitrogens with zero attached hydrogens (tertiary/aromatic N) is 3. The number of H-pyrrole nitrogens is 2. The summed E-state index contributed by atoms with van der Waals surface area (Å²) in [5.41, 5.74) is -0.258. The number of carbonyl (C=O) groups is 1. The molecule has 2 aromatic heterocycles. The number of aliphatic carboxylic acids is 1. The minimum Gasteiger partial charge on any atom is -0.481 e. The van der Waals surface area contributed by atoms with Crippen LogP contribution in [0.25, 0.3) is 11.2 Å². The largest absolute Gasteiger partial charge is 0.481 e. The molecule has 10 heteroatoms. The van der Waals surface area contributed by atoms with E-state index < -0.39 is 11.5 Å². The number of aryl methyl sites for hydroxylation is 1. The van der Waals surface area contributed by atoms with E-state index in [2.05, 4.69) is 19.9 Å². The highest BCUT2D eigenvalue weighted by Crippen LogP contribution is 2.18. The quantitative estimate of drug-likeness (QED) is 0.469. The van der Waals surface area contributed by atoms with Crippen molar-refractivity contribution in [3.05, 3.63) is 20.8 Å². The van der Waals surface area contributed by atoms with Crippen LogP contribution in [0, 0.1) is 5.92 Å². The molecule has 3 rings (SSSR count). The maximum absolute atomic E-state index is 12.3. The average Bonchev–Trinajstić information content (AvgIpc) is 3.04. The Morgan fingerprint density at radius 3 is 2.57 bits per heavy atom. The zero-order valence-electron chi connectivity index (χ0n) is 17.5. The van der Waals surface area contributed by atoms with Crippen LogP contribution in [-0.4, -0.2) is 61.7 Å². The summed E-state index contributed by atoms with van der Waals surface area (Å²) in [4.78, 5) is 47.3. The van der Waals surface area contributed by atoms with Crippen LogP contribution in [0.1, 0.15) is 51.9 Å². The van der Waals surface area contributed by atoms with Crippen molar-refractivity contribution in [3.8, 4) is 6.01 Å². The summed E-state index contributed by atoms with van der Waals surface area (Å²) in [6, 6.07) is 0.137. The lowest BCUT2D eigenvalue weighted by molar-refractivity contribution is -0.143. The van der Waals surface area contributed by atoms with Gasteiger partial charge in [0.1, 0.15) is 0 Å². The van der Waals surface area contributed by atoms with Gasteiger partial charge in [-0.3, -0.25) is 24.1 Å². The Balaban J connectivity index is 1.51. The molecule has 2 aromatic rings. The first-order chi connectivity index (χ1) is 14.5. The number of rotatable bonds is 11. The second-order valence-corrected chi connectivity index (χ2v) is 7.87. The number of imidazole rings is 1. The van der Waals surface area contributed by atoms with Crippen molar-refractivity contribution in [2.45, 2.75) is 58.4 Å². The topological polar surface area (TPSA) is 133 Å². The van der Waals surface area contributed by atoms with E-state index in [4.69, 9.17) is 9.84 Å². The highest BCUT2D eigenvalue weighted by atomic mass is 16.5. The number of aromatic nitrogens is 4. The van der Waals surface area contributed by atoms with Crippen molar-refractivity contribution in [1.29, 1.82) is 0 Å². The molecule has 1 aliphatic rings. The molecule has 0 aromatic carbocycles. The highest BCUT2D eigenvalue weighted by Gasteiger charge is 2.23. The van der Waals surface area contributed by atoms with Crippen LogP contribution in [0.15, 0.2) is 9.59 Å². The summed E-state index contributed by atoms with van der Waals surface area (Å²) in [7, 11) is 0. The summed E-state index contributed by atoms with van der Waals surface area (Å²) >= 11 is 0. The number of aromatic amines is 2. The molecule has 3 N–H and O–H groups in total. The number of carboxylic acid groups (broad SMARTS) is 1. The third kappa shape index (κ3) is 5.50. The van der Waals surface area contributed by atoms with Gasteiger partial charge in [-0.2, -0.15) is 4.98 Å². The van der Waals surface area contributed by atoms with E-state index >= 15 is 0 Å². The maximum Gasteiger partial charge on any atom is 0.327 e. The summed E-state index contributed by atoms with van der Waals surface area (Å²) in [6.45, 7) is 5.57. The number of likely N-dealkylation sites (tertiary alicyclic amines) is 1. The zero-order valence-corrected chi connectivity index (χ0v) is 17.5. The number of piperidine rings is 1. The van der Waals surface area contributed by atoms with Crippen molar-refractivity contribution < 1.29 is 14.6 Å². The van der Waals surface area contributed by atoms with Gasteiger partial charge in [-0.05, 0) is 51.7 Å². The first kappa shape index (κ1) is 22.1. The minimum atomic E-state index is -0.690. The Labute approximate surface area is 174 Å². The maximum atomic E-state index is 12.3. The Hall–Kier alpha value is -2.62. The standard InChI is InChI=1S/C20H31N5O5/c1-2-3-13-30-19-22-16-15(17(26)23-19)21-20(29)25(16)10-6-4-5-9-24-11-7-14(8-12-24)18(27)28/h14H,2-13H2,1H3,(H,21,29)(H,27,28)(H,22,23,26). The molecular weight excluding hydrogens is 390 g/mol. The molecule has 30 heavy (non-hydrogen) atoms. The molecule has 3 heterocycles. The Morgan fingerprint density at radius 1 is 1.13 bits per heavy atom. The van der Waals surface area contributed by atoms with Gasteiger partial charge < -0.3 is 14.7 Å². The van der Waals surface area contributed by atoms with E-state index in [9.17, 15) is 14.4 Å². The predicted molar refractivity (Wildman–Crippen MR) is 112 cm³/mol. The van der Waals surface area contributed by atoms with Gasteiger partial charge >= 0.3 is 11.7 Å². The number of ether oxygens (including phenoxy) is 1. The third-order valence-electron chi connectivity index (χ3n) is 5.64. The van der Waals surface area contributed by atoms with Gasteiger partial charge in [-0.1, -0.05) is 19.8 Å². The van der Waals surface area contributed by atoms with Crippen molar-refractivity contribution in [1.82, 2.24) is 24.4 Å². The molecule has 0 spiro atoms. The van der Waals surface area contributed by atoms with Crippen LogP contribution in [0.4, 0.5) is 0 Å². The van der Waals surface area contributed by atoms with Crippen LogP contribution in [-0.2, 0) is 11.3 Å². The lowest BCUT2D eigenvalue weighted by Gasteiger charge is -2.29. The lowest BCUT2D eigenvalue weighted by atomic mass is 9.97. The van der Waals surface area contributed by atoms with Gasteiger partial charge in [0.05, 0.1) is 12.5 Å². The summed E-state index contributed by atoms with van der Waals surface area (Å²) in [5.74, 6) is -0.897. The van der Waals surface area contributed by atoms with Gasteiger partial charge in [0.2, 0.25) is 0 Å². The van der Waals surface area contributed by atoms with E-state index in [-0.39, 0.29) is 23.1 Å². The van der Waals surface area contributed by atoms with Gasteiger partial charge in [0.15, 0.2) is 11.2 Å². The molecule has 0 amide bonds. The molecule has 0 atom stereocenters. The minimum absolute atomic E-state index is 0.137. The SMILES string of the molecule is CCCCOc1nc2c([nH]c(=O)n2CCCCCN2CCC(C(=O)O)CC2)c(=O)[nH]1. The number of carboxylic acids is 1. The number of unbranched alkanes of at least 4 members (excludes halogenated alkanes) is 3. The fourth-order valence-electron chi connectivity index (χ4n) is 3.79. The fraction of sp³-hybridized carbons (Fsp3) is 0.700. The van der Waals surface area contributed by atoms with Gasteiger partial charge in [0, 0.05) is 6.54 Å². The highest BCUT2D eigenvalue weighted by molar-refractivity contribution is 5.70. The smallest absolute Gasteiger partial charge is 0.327 e. The van der Waals surface area contributed by atoms with Crippen molar-refractivity contribution in [2.24, 2.45) is 5.92 Å². The van der Waals surface area contributed by atoms with E-state index in [1.807, 2.05) is 6.92 Å². The lowest BCUT2D eigenvalue weighted by Crippen LogP contribution is -2.36. The monoisotopic (exact) mass is 421 g/mol. The molecule has 1 saturated heterocycles. The molecule has 0 aliphatic carbocycles. The molecule has 1 fully saturated rings. The van der Waals surface area contributed by atoms with Crippen molar-refractivity contribution in [3.63, 3.8) is 0 Å². The molecule has 10 nitrogen and oxygen atoms in total. The summed E-state index contributed by atoms with van der Waals surface area (Å²) in [5, 5.41) is 9.06. The van der Waals surface area contributed by atoms with Crippen LogP contribution in [0.5, 0.6) is 6.01 Å². The third-order valence-corrected chi connectivity index (χ3v) is 5.64. The molecule has 0 saturated carbocycles.